The van der Waals surface area contributed by atoms with Crippen molar-refractivity contribution in [2.24, 2.45) is 7.05 Å². The van der Waals surface area contributed by atoms with E-state index in [2.05, 4.69) is 4.98 Å². The van der Waals surface area contributed by atoms with Crippen molar-refractivity contribution in [3.63, 3.8) is 0 Å². The quantitative estimate of drug-likeness (QED) is 0.572. The summed E-state index contributed by atoms with van der Waals surface area (Å²) in [5, 5.41) is 7.82. The first-order chi connectivity index (χ1) is 15.9. The average molecular weight is 539 g/mol. The molecular weight excluding hydrogens is 524 g/mol. The maximum atomic E-state index is 13.0. The topological polar surface area (TPSA) is 110 Å². The number of halogens is 6. The first-order valence-corrected chi connectivity index (χ1v) is 12.3. The van der Waals surface area contributed by atoms with Crippen molar-refractivity contribution in [3.05, 3.63) is 75.1 Å². The van der Waals surface area contributed by atoms with E-state index in [9.17, 15) is 43.2 Å². The lowest BCUT2D eigenvalue weighted by Gasteiger charge is -2.23. The molecule has 0 unspecified atom stereocenters. The highest BCUT2D eigenvalue weighted by molar-refractivity contribution is 8.00. The fourth-order valence-corrected chi connectivity index (χ4v) is 5.66. The van der Waals surface area contributed by atoms with Crippen molar-refractivity contribution in [2.75, 3.05) is 0 Å². The number of sulfone groups is 2. The minimum atomic E-state index is -6.58. The minimum absolute atomic E-state index is 0.153. The van der Waals surface area contributed by atoms with Gasteiger partial charge in [0.2, 0.25) is 0 Å². The Kier molecular flexibility index (Phi) is 6.40. The first kappa shape index (κ1) is 26.4. The molecule has 35 heavy (non-hydrogen) atoms. The molecule has 188 valence electrons. The highest BCUT2D eigenvalue weighted by Crippen LogP contribution is 2.47. The van der Waals surface area contributed by atoms with Crippen LogP contribution in [0.4, 0.5) is 26.3 Å². The summed E-state index contributed by atoms with van der Waals surface area (Å²) in [6, 6.07) is 5.69. The number of alkyl halides is 6. The number of rotatable bonds is 2. The molecule has 0 bridgehead atoms. The third kappa shape index (κ3) is 4.45. The average Bonchev–Trinajstić information content (AvgIpc) is 3.29. The molecule has 1 aromatic heterocycles. The molecular formula is C20H15F6N3O4S2. The van der Waals surface area contributed by atoms with Crippen LogP contribution in [0.2, 0.25) is 0 Å². The number of aromatic nitrogens is 2. The second-order valence-electron chi connectivity index (χ2n) is 7.26. The van der Waals surface area contributed by atoms with Crippen LogP contribution in [-0.4, -0.2) is 43.1 Å². The van der Waals surface area contributed by atoms with E-state index >= 15 is 0 Å². The van der Waals surface area contributed by atoms with E-state index < -0.39 is 51.8 Å². The molecule has 0 amide bonds. The first-order valence-electron chi connectivity index (χ1n) is 9.34. The summed E-state index contributed by atoms with van der Waals surface area (Å²) in [4.78, 5) is -0.404. The van der Waals surface area contributed by atoms with Gasteiger partial charge in [-0.1, -0.05) is 24.3 Å². The number of aryl methyl sites for hydroxylation is 2. The maximum Gasteiger partial charge on any atom is 0.502 e. The van der Waals surface area contributed by atoms with E-state index in [1.807, 2.05) is 24.7 Å². The molecule has 1 heterocycles. The summed E-state index contributed by atoms with van der Waals surface area (Å²) >= 11 is 0. The molecule has 15 heteroatoms. The third-order valence-electron chi connectivity index (χ3n) is 5.07. The SMILES string of the molecule is Cc1nccn1C.N=C1C2=Cc3ccccc3C2=CC(S(=O)(=O)C(F)(F)F)=C1S(=O)(=O)C(F)(F)F. The van der Waals surface area contributed by atoms with Crippen molar-refractivity contribution in [3.8, 4) is 0 Å². The van der Waals surface area contributed by atoms with Crippen LogP contribution in [0.3, 0.4) is 0 Å². The van der Waals surface area contributed by atoms with Crippen LogP contribution in [0.5, 0.6) is 0 Å². The van der Waals surface area contributed by atoms with Crippen molar-refractivity contribution >= 4 is 37.0 Å². The van der Waals surface area contributed by atoms with Gasteiger partial charge in [0.15, 0.2) is 0 Å². The van der Waals surface area contributed by atoms with Crippen LogP contribution in [-0.2, 0) is 26.7 Å². The number of benzene rings is 1. The van der Waals surface area contributed by atoms with Gasteiger partial charge in [0.25, 0.3) is 19.7 Å². The smallest absolute Gasteiger partial charge is 0.338 e. The Bertz CT molecular complexity index is 1510. The molecule has 0 aliphatic heterocycles. The highest BCUT2D eigenvalue weighted by atomic mass is 32.2. The van der Waals surface area contributed by atoms with E-state index in [1.165, 1.54) is 24.3 Å². The Labute approximate surface area is 195 Å². The molecule has 0 saturated carbocycles. The maximum absolute atomic E-state index is 13.0. The van der Waals surface area contributed by atoms with Gasteiger partial charge in [-0.05, 0) is 35.8 Å². The summed E-state index contributed by atoms with van der Waals surface area (Å²) < 4.78 is 128. The molecule has 7 nitrogen and oxygen atoms in total. The summed E-state index contributed by atoms with van der Waals surface area (Å²) in [5.74, 6) is 1.06. The van der Waals surface area contributed by atoms with Crippen molar-refractivity contribution in [1.29, 1.82) is 5.41 Å². The number of hydrogen-bond donors (Lipinski definition) is 1. The van der Waals surface area contributed by atoms with Gasteiger partial charge in [0, 0.05) is 25.0 Å². The summed E-state index contributed by atoms with van der Waals surface area (Å²) in [6.45, 7) is 1.97. The number of imidazole rings is 1. The predicted octanol–water partition coefficient (Wildman–Crippen LogP) is 4.31. The normalized spacial score (nSPS) is 16.2. The fourth-order valence-electron chi connectivity index (χ4n) is 3.20. The Morgan fingerprint density at radius 2 is 1.46 bits per heavy atom. The molecule has 1 N–H and O–H groups in total. The Balaban J connectivity index is 0.000000420. The van der Waals surface area contributed by atoms with E-state index in [0.717, 1.165) is 11.9 Å². The fraction of sp³-hybridized carbons (Fsp3) is 0.200. The molecule has 0 fully saturated rings. The molecule has 2 aliphatic rings. The van der Waals surface area contributed by atoms with Gasteiger partial charge >= 0.3 is 11.0 Å². The van der Waals surface area contributed by atoms with Gasteiger partial charge in [-0.2, -0.15) is 26.3 Å². The molecule has 0 saturated heterocycles. The van der Waals surface area contributed by atoms with E-state index in [0.29, 0.717) is 0 Å². The number of hydrogen-bond acceptors (Lipinski definition) is 6. The molecule has 2 aromatic rings. The monoisotopic (exact) mass is 539 g/mol. The van der Waals surface area contributed by atoms with E-state index in [4.69, 9.17) is 5.41 Å². The minimum Gasteiger partial charge on any atom is -0.338 e. The van der Waals surface area contributed by atoms with Gasteiger partial charge < -0.3 is 4.57 Å². The zero-order valence-electron chi connectivity index (χ0n) is 17.7. The van der Waals surface area contributed by atoms with Crippen molar-refractivity contribution < 1.29 is 43.2 Å². The predicted molar refractivity (Wildman–Crippen MR) is 115 cm³/mol. The van der Waals surface area contributed by atoms with Crippen LogP contribution < -0.4 is 0 Å². The van der Waals surface area contributed by atoms with Crippen LogP contribution in [0.15, 0.2) is 58.1 Å². The van der Waals surface area contributed by atoms with Crippen LogP contribution in [0, 0.1) is 12.3 Å². The summed E-state index contributed by atoms with van der Waals surface area (Å²) in [5.41, 5.74) is -13.9. The number of nitrogens with zero attached hydrogens (tertiary/aromatic N) is 2. The molecule has 0 spiro atoms. The lowest BCUT2D eigenvalue weighted by Crippen LogP contribution is -2.35. The Morgan fingerprint density at radius 1 is 0.886 bits per heavy atom. The summed E-state index contributed by atoms with van der Waals surface area (Å²) in [6.07, 6.45) is 5.04. The molecule has 4 rings (SSSR count). The molecule has 0 radical (unpaired) electrons. The Hall–Kier alpha value is -3.20. The van der Waals surface area contributed by atoms with Crippen molar-refractivity contribution in [2.45, 2.75) is 17.9 Å². The van der Waals surface area contributed by atoms with Gasteiger partial charge in [-0.25, -0.2) is 21.8 Å². The third-order valence-corrected chi connectivity index (χ3v) is 8.28. The van der Waals surface area contributed by atoms with Crippen LogP contribution in [0.25, 0.3) is 11.6 Å². The van der Waals surface area contributed by atoms with Crippen molar-refractivity contribution in [1.82, 2.24) is 9.55 Å². The zero-order chi connectivity index (χ0) is 26.6. The van der Waals surface area contributed by atoms with Crippen LogP contribution >= 0.6 is 0 Å². The second-order valence-corrected chi connectivity index (χ2v) is 11.0. The standard InChI is InChI=1S/C15H7F6NO4S2.C5H8N2/c16-14(17,18)27(23,24)11-6-9-8-4-2-1-3-7(8)5-10(9)12(22)13(11)28(25,26)15(19,20)21;1-5-6-3-4-7(5)2/h1-6,22H;3-4H,1-2H3. The summed E-state index contributed by atoms with van der Waals surface area (Å²) in [7, 11) is -11.1. The lowest BCUT2D eigenvalue weighted by molar-refractivity contribution is -0.0437. The number of fused-ring (bicyclic) bond motifs is 3. The van der Waals surface area contributed by atoms with Gasteiger partial charge in [-0.3, -0.25) is 5.41 Å². The second kappa shape index (κ2) is 8.48. The van der Waals surface area contributed by atoms with E-state index in [1.54, 1.807) is 6.20 Å². The van der Waals surface area contributed by atoms with Gasteiger partial charge in [0.1, 0.15) is 10.7 Å². The van der Waals surface area contributed by atoms with Crippen LogP contribution in [0.1, 0.15) is 17.0 Å². The largest absolute Gasteiger partial charge is 0.502 e. The zero-order valence-corrected chi connectivity index (χ0v) is 19.4. The van der Waals surface area contributed by atoms with E-state index in [-0.39, 0.29) is 22.8 Å². The van der Waals surface area contributed by atoms with Gasteiger partial charge in [0.05, 0.1) is 10.6 Å². The number of allylic oxidation sites excluding steroid dienone is 4. The molecule has 0 atom stereocenters. The highest BCUT2D eigenvalue weighted by Gasteiger charge is 2.57. The molecule has 2 aliphatic carbocycles. The Morgan fingerprint density at radius 3 is 1.91 bits per heavy atom. The number of nitrogens with one attached hydrogen (secondary N) is 1. The molecule has 1 aromatic carbocycles. The lowest BCUT2D eigenvalue weighted by atomic mass is 9.95. The van der Waals surface area contributed by atoms with Gasteiger partial charge in [-0.15, -0.1) is 0 Å².